The second-order valence-electron chi connectivity index (χ2n) is 9.82. The third kappa shape index (κ3) is 4.43. The lowest BCUT2D eigenvalue weighted by molar-refractivity contribution is 0.112. The van der Waals surface area contributed by atoms with Crippen LogP contribution in [0, 0.1) is 35.0 Å². The Hall–Kier alpha value is -0.460. The smallest absolute Gasteiger partial charge is 0.0953 e. The van der Waals surface area contributed by atoms with Gasteiger partial charge in [-0.2, -0.15) is 0 Å². The lowest BCUT2D eigenvalue weighted by atomic mass is 9.61. The zero-order chi connectivity index (χ0) is 19.8. The normalized spacial score (nSPS) is 40.9. The molecule has 0 saturated heterocycles. The Morgan fingerprint density at radius 1 is 1.22 bits per heavy atom. The van der Waals surface area contributed by atoms with Crippen molar-refractivity contribution in [3.8, 4) is 0 Å². The van der Waals surface area contributed by atoms with Gasteiger partial charge in [-0.05, 0) is 91.1 Å². The van der Waals surface area contributed by atoms with Gasteiger partial charge in [0.25, 0.3) is 0 Å². The first kappa shape index (κ1) is 21.3. The Morgan fingerprint density at radius 2 is 1.96 bits per heavy atom. The van der Waals surface area contributed by atoms with Gasteiger partial charge in [-0.25, -0.2) is 0 Å². The highest BCUT2D eigenvalue weighted by atomic mass is 35.5. The lowest BCUT2D eigenvalue weighted by Crippen LogP contribution is -2.35. The van der Waals surface area contributed by atoms with Crippen LogP contribution < -0.4 is 0 Å². The van der Waals surface area contributed by atoms with Crippen LogP contribution in [0.25, 0.3) is 0 Å². The minimum absolute atomic E-state index is 0.381. The second-order valence-corrected chi connectivity index (χ2v) is 10.8. The SMILES string of the molecule is C=C1/C(=C/C=C2\CCC[C@]3(C)C([C@H](C)C=C(Cl)Cl)CC[C@@H]23)C[C@@H](C)C[C@@H]1C. The number of allylic oxidation sites excluding steroid dienone is 6. The molecule has 3 aliphatic carbocycles. The first-order chi connectivity index (χ1) is 12.7. The van der Waals surface area contributed by atoms with Crippen molar-refractivity contribution < 1.29 is 0 Å². The molecule has 2 heteroatoms. The topological polar surface area (TPSA) is 0 Å². The fourth-order valence-corrected chi connectivity index (χ4v) is 6.89. The minimum atomic E-state index is 0.381. The van der Waals surface area contributed by atoms with Crippen LogP contribution in [0.4, 0.5) is 0 Å². The fourth-order valence-electron chi connectivity index (χ4n) is 6.49. The summed E-state index contributed by atoms with van der Waals surface area (Å²) in [4.78, 5) is 0. The van der Waals surface area contributed by atoms with Gasteiger partial charge < -0.3 is 0 Å². The zero-order valence-electron chi connectivity index (χ0n) is 17.5. The van der Waals surface area contributed by atoms with Gasteiger partial charge in [0, 0.05) is 0 Å². The van der Waals surface area contributed by atoms with E-state index in [1.54, 1.807) is 5.57 Å². The van der Waals surface area contributed by atoms with Gasteiger partial charge in [0.2, 0.25) is 0 Å². The van der Waals surface area contributed by atoms with Crippen molar-refractivity contribution in [1.29, 1.82) is 0 Å². The monoisotopic (exact) mass is 406 g/mol. The first-order valence-electron chi connectivity index (χ1n) is 10.8. The molecule has 0 aromatic rings. The van der Waals surface area contributed by atoms with E-state index in [1.807, 2.05) is 0 Å². The molecule has 3 aliphatic rings. The maximum Gasteiger partial charge on any atom is 0.103 e. The van der Waals surface area contributed by atoms with E-state index in [4.69, 9.17) is 23.2 Å². The van der Waals surface area contributed by atoms with Gasteiger partial charge in [0.15, 0.2) is 0 Å². The number of halogens is 2. The standard InChI is InChI=1S/C25H36Cl2/c1-16-13-17(2)19(4)21(14-16)9-8-20-7-6-12-25(5)22(10-11-23(20)25)18(3)15-24(26)27/h8-9,15-18,22-23H,4,6-7,10-14H2,1-3,5H3/b20-8+,21-9+/t16-,17-,18+,22?,23-,25+/m0/s1. The molecule has 0 amide bonds. The molecule has 1 unspecified atom stereocenters. The van der Waals surface area contributed by atoms with Gasteiger partial charge in [0.05, 0.1) is 0 Å². The average Bonchev–Trinajstić information content (AvgIpc) is 2.93. The summed E-state index contributed by atoms with van der Waals surface area (Å²) >= 11 is 11.9. The average molecular weight is 407 g/mol. The molecule has 0 spiro atoms. The number of hydrogen-bond acceptors (Lipinski definition) is 0. The third-order valence-corrected chi connectivity index (χ3v) is 8.14. The fraction of sp³-hybridized carbons (Fsp3) is 0.680. The maximum atomic E-state index is 5.97. The van der Waals surface area contributed by atoms with Crippen LogP contribution in [0.15, 0.2) is 46.0 Å². The molecule has 0 radical (unpaired) electrons. The molecule has 0 N–H and O–H groups in total. The van der Waals surface area contributed by atoms with Crippen LogP contribution in [-0.4, -0.2) is 0 Å². The molecule has 0 aliphatic heterocycles. The van der Waals surface area contributed by atoms with Gasteiger partial charge in [-0.1, -0.05) is 81.3 Å². The van der Waals surface area contributed by atoms with E-state index in [2.05, 4.69) is 52.5 Å². The highest BCUT2D eigenvalue weighted by Gasteiger charge is 2.50. The van der Waals surface area contributed by atoms with E-state index in [-0.39, 0.29) is 0 Å². The summed E-state index contributed by atoms with van der Waals surface area (Å²) in [5, 5.41) is 0. The Bertz CT molecular complexity index is 664. The molecular weight excluding hydrogens is 371 g/mol. The second kappa shape index (κ2) is 8.50. The van der Waals surface area contributed by atoms with Crippen LogP contribution in [0.2, 0.25) is 0 Å². The summed E-state index contributed by atoms with van der Waals surface area (Å²) in [5.74, 6) is 3.23. The molecule has 3 fully saturated rings. The van der Waals surface area contributed by atoms with E-state index >= 15 is 0 Å². The van der Waals surface area contributed by atoms with E-state index in [0.29, 0.717) is 33.6 Å². The maximum absolute atomic E-state index is 5.97. The Kier molecular flexibility index (Phi) is 6.69. The molecule has 150 valence electrons. The lowest BCUT2D eigenvalue weighted by Gasteiger charge is -2.44. The van der Waals surface area contributed by atoms with Crippen molar-refractivity contribution in [2.75, 3.05) is 0 Å². The molecule has 3 saturated carbocycles. The molecule has 27 heavy (non-hydrogen) atoms. The summed E-state index contributed by atoms with van der Waals surface area (Å²) in [6.45, 7) is 13.9. The molecule has 0 nitrogen and oxygen atoms in total. The molecule has 3 rings (SSSR count). The van der Waals surface area contributed by atoms with Crippen LogP contribution in [0.1, 0.15) is 72.6 Å². The highest BCUT2D eigenvalue weighted by molar-refractivity contribution is 6.55. The van der Waals surface area contributed by atoms with Crippen LogP contribution in [0.3, 0.4) is 0 Å². The Morgan fingerprint density at radius 3 is 2.67 bits per heavy atom. The molecule has 0 aromatic carbocycles. The van der Waals surface area contributed by atoms with E-state index in [1.165, 1.54) is 56.1 Å². The van der Waals surface area contributed by atoms with Gasteiger partial charge >= 0.3 is 0 Å². The van der Waals surface area contributed by atoms with Crippen molar-refractivity contribution >= 4 is 23.2 Å². The molecule has 0 heterocycles. The molecule has 0 bridgehead atoms. The van der Waals surface area contributed by atoms with Crippen molar-refractivity contribution in [2.45, 2.75) is 72.6 Å². The van der Waals surface area contributed by atoms with Crippen LogP contribution in [-0.2, 0) is 0 Å². The van der Waals surface area contributed by atoms with Crippen LogP contribution >= 0.6 is 23.2 Å². The summed E-state index contributed by atoms with van der Waals surface area (Å²) in [6, 6.07) is 0. The summed E-state index contributed by atoms with van der Waals surface area (Å²) < 4.78 is 0.421. The van der Waals surface area contributed by atoms with Crippen molar-refractivity contribution in [2.24, 2.45) is 35.0 Å². The van der Waals surface area contributed by atoms with Gasteiger partial charge in [-0.15, -0.1) is 0 Å². The van der Waals surface area contributed by atoms with Crippen molar-refractivity contribution in [3.63, 3.8) is 0 Å². The third-order valence-electron chi connectivity index (χ3n) is 7.89. The zero-order valence-corrected chi connectivity index (χ0v) is 19.0. The van der Waals surface area contributed by atoms with Gasteiger partial charge in [-0.3, -0.25) is 0 Å². The van der Waals surface area contributed by atoms with Crippen LogP contribution in [0.5, 0.6) is 0 Å². The Balaban J connectivity index is 1.82. The number of fused-ring (bicyclic) bond motifs is 1. The molecule has 6 atom stereocenters. The predicted octanol–water partition coefficient (Wildman–Crippen LogP) is 8.63. The molecular formula is C25H36Cl2. The summed E-state index contributed by atoms with van der Waals surface area (Å²) in [6.07, 6.45) is 15.9. The number of hydrogen-bond donors (Lipinski definition) is 0. The summed E-state index contributed by atoms with van der Waals surface area (Å²) in [7, 11) is 0. The minimum Gasteiger partial charge on any atom is -0.0953 e. The van der Waals surface area contributed by atoms with Gasteiger partial charge in [0.1, 0.15) is 4.49 Å². The summed E-state index contributed by atoms with van der Waals surface area (Å²) in [5.41, 5.74) is 4.90. The first-order valence-corrected chi connectivity index (χ1v) is 11.6. The van der Waals surface area contributed by atoms with E-state index in [0.717, 1.165) is 5.92 Å². The molecule has 0 aromatic heterocycles. The predicted molar refractivity (Wildman–Crippen MR) is 120 cm³/mol. The Labute approximate surface area is 176 Å². The van der Waals surface area contributed by atoms with Crippen molar-refractivity contribution in [3.05, 3.63) is 46.0 Å². The van der Waals surface area contributed by atoms with E-state index < -0.39 is 0 Å². The quantitative estimate of drug-likeness (QED) is 0.439. The van der Waals surface area contributed by atoms with E-state index in [9.17, 15) is 0 Å². The number of rotatable bonds is 3. The van der Waals surface area contributed by atoms with Crippen molar-refractivity contribution in [1.82, 2.24) is 0 Å². The largest absolute Gasteiger partial charge is 0.103 e. The highest BCUT2D eigenvalue weighted by Crippen LogP contribution is 2.59.